The lowest BCUT2D eigenvalue weighted by molar-refractivity contribution is 0.597. The lowest BCUT2D eigenvalue weighted by Gasteiger charge is -2.12. The Morgan fingerprint density at radius 3 is 2.10 bits per heavy atom. The van der Waals surface area contributed by atoms with E-state index in [1.807, 2.05) is 12.1 Å². The van der Waals surface area contributed by atoms with Crippen molar-refractivity contribution in [2.24, 2.45) is 5.14 Å². The molecule has 3 N–H and O–H groups in total. The number of rotatable bonds is 5. The SMILES string of the molecule is Cc1cccc(C)c1CNc1ccc(CS(N)(=O)=O)cc1. The summed E-state index contributed by atoms with van der Waals surface area (Å²) in [6, 6.07) is 13.5. The van der Waals surface area contributed by atoms with Gasteiger partial charge < -0.3 is 5.32 Å². The molecule has 2 aromatic rings. The Morgan fingerprint density at radius 2 is 1.57 bits per heavy atom. The molecule has 0 fully saturated rings. The van der Waals surface area contributed by atoms with Crippen LogP contribution in [0.5, 0.6) is 0 Å². The Balaban J connectivity index is 2.04. The second kappa shape index (κ2) is 6.28. The highest BCUT2D eigenvalue weighted by Gasteiger charge is 2.05. The van der Waals surface area contributed by atoms with Crippen molar-refractivity contribution in [2.45, 2.75) is 26.1 Å². The number of anilines is 1. The first-order valence-electron chi connectivity index (χ1n) is 6.73. The normalized spacial score (nSPS) is 11.4. The van der Waals surface area contributed by atoms with Crippen LogP contribution in [0, 0.1) is 13.8 Å². The molecule has 0 saturated carbocycles. The number of nitrogens with two attached hydrogens (primary N) is 1. The van der Waals surface area contributed by atoms with Crippen LogP contribution in [0.3, 0.4) is 0 Å². The summed E-state index contributed by atoms with van der Waals surface area (Å²) in [5.41, 5.74) is 5.44. The van der Waals surface area contributed by atoms with Gasteiger partial charge in [0, 0.05) is 12.2 Å². The van der Waals surface area contributed by atoms with Gasteiger partial charge in [0.05, 0.1) is 5.75 Å². The van der Waals surface area contributed by atoms with Crippen molar-refractivity contribution in [3.8, 4) is 0 Å². The summed E-state index contributed by atoms with van der Waals surface area (Å²) < 4.78 is 22.1. The van der Waals surface area contributed by atoms with Gasteiger partial charge in [0.25, 0.3) is 0 Å². The van der Waals surface area contributed by atoms with E-state index in [0.29, 0.717) is 5.56 Å². The maximum atomic E-state index is 11.0. The van der Waals surface area contributed by atoms with E-state index in [-0.39, 0.29) is 5.75 Å². The molecule has 21 heavy (non-hydrogen) atoms. The minimum absolute atomic E-state index is 0.135. The molecule has 0 aliphatic carbocycles. The highest BCUT2D eigenvalue weighted by Crippen LogP contribution is 2.17. The molecule has 0 radical (unpaired) electrons. The van der Waals surface area contributed by atoms with E-state index < -0.39 is 10.0 Å². The summed E-state index contributed by atoms with van der Waals surface area (Å²) in [5.74, 6) is -0.135. The third kappa shape index (κ3) is 4.58. The molecular weight excluding hydrogens is 284 g/mol. The first-order valence-corrected chi connectivity index (χ1v) is 8.45. The third-order valence-electron chi connectivity index (χ3n) is 3.44. The molecule has 112 valence electrons. The number of benzene rings is 2. The van der Waals surface area contributed by atoms with Gasteiger partial charge in [0.1, 0.15) is 0 Å². The summed E-state index contributed by atoms with van der Waals surface area (Å²) in [6.45, 7) is 4.94. The molecule has 5 heteroatoms. The van der Waals surface area contributed by atoms with Gasteiger partial charge in [-0.2, -0.15) is 0 Å². The third-order valence-corrected chi connectivity index (χ3v) is 4.17. The summed E-state index contributed by atoms with van der Waals surface area (Å²) in [7, 11) is -3.48. The van der Waals surface area contributed by atoms with Gasteiger partial charge in [0.2, 0.25) is 10.0 Å². The van der Waals surface area contributed by atoms with Crippen molar-refractivity contribution in [3.63, 3.8) is 0 Å². The molecule has 0 unspecified atom stereocenters. The van der Waals surface area contributed by atoms with Gasteiger partial charge in [-0.3, -0.25) is 0 Å². The van der Waals surface area contributed by atoms with Crippen molar-refractivity contribution < 1.29 is 8.42 Å². The topological polar surface area (TPSA) is 72.2 Å². The predicted octanol–water partition coefficient (Wildman–Crippen LogP) is 2.70. The largest absolute Gasteiger partial charge is 0.381 e. The fourth-order valence-corrected chi connectivity index (χ4v) is 2.93. The van der Waals surface area contributed by atoms with Crippen molar-refractivity contribution in [1.82, 2.24) is 0 Å². The molecule has 0 amide bonds. The predicted molar refractivity (Wildman–Crippen MR) is 86.5 cm³/mol. The van der Waals surface area contributed by atoms with E-state index in [1.165, 1.54) is 16.7 Å². The minimum atomic E-state index is -3.48. The number of sulfonamides is 1. The van der Waals surface area contributed by atoms with Crippen LogP contribution in [0.2, 0.25) is 0 Å². The number of hydrogen-bond donors (Lipinski definition) is 2. The fraction of sp³-hybridized carbons (Fsp3) is 0.250. The molecule has 0 aromatic heterocycles. The Morgan fingerprint density at radius 1 is 1.00 bits per heavy atom. The van der Waals surface area contributed by atoms with Crippen LogP contribution in [-0.2, 0) is 22.3 Å². The quantitative estimate of drug-likeness (QED) is 0.892. The van der Waals surface area contributed by atoms with E-state index in [4.69, 9.17) is 5.14 Å². The molecule has 0 saturated heterocycles. The monoisotopic (exact) mass is 304 g/mol. The van der Waals surface area contributed by atoms with Crippen molar-refractivity contribution >= 4 is 15.7 Å². The lowest BCUT2D eigenvalue weighted by Crippen LogP contribution is -2.14. The Hall–Kier alpha value is -1.85. The summed E-state index contributed by atoms with van der Waals surface area (Å²) in [6.07, 6.45) is 0. The summed E-state index contributed by atoms with van der Waals surface area (Å²) >= 11 is 0. The molecular formula is C16H20N2O2S. The zero-order valence-electron chi connectivity index (χ0n) is 12.3. The standard InChI is InChI=1S/C16H20N2O2S/c1-12-4-3-5-13(2)16(12)10-18-15-8-6-14(7-9-15)11-21(17,19)20/h3-9,18H,10-11H2,1-2H3,(H2,17,19,20). The zero-order valence-corrected chi connectivity index (χ0v) is 13.1. The summed E-state index contributed by atoms with van der Waals surface area (Å²) in [4.78, 5) is 0. The van der Waals surface area contributed by atoms with Crippen LogP contribution in [0.4, 0.5) is 5.69 Å². The second-order valence-corrected chi connectivity index (χ2v) is 6.84. The van der Waals surface area contributed by atoms with Crippen LogP contribution in [0.1, 0.15) is 22.3 Å². The van der Waals surface area contributed by atoms with E-state index >= 15 is 0 Å². The minimum Gasteiger partial charge on any atom is -0.381 e. The van der Waals surface area contributed by atoms with Gasteiger partial charge in [-0.15, -0.1) is 0 Å². The van der Waals surface area contributed by atoms with E-state index in [0.717, 1.165) is 12.2 Å². The van der Waals surface area contributed by atoms with E-state index in [9.17, 15) is 8.42 Å². The maximum absolute atomic E-state index is 11.0. The zero-order chi connectivity index (χ0) is 15.5. The van der Waals surface area contributed by atoms with Gasteiger partial charge in [-0.1, -0.05) is 30.3 Å². The highest BCUT2D eigenvalue weighted by atomic mass is 32.2. The smallest absolute Gasteiger partial charge is 0.213 e. The van der Waals surface area contributed by atoms with Crippen molar-refractivity contribution in [2.75, 3.05) is 5.32 Å². The van der Waals surface area contributed by atoms with E-state index in [1.54, 1.807) is 12.1 Å². The number of hydrogen-bond acceptors (Lipinski definition) is 3. The molecule has 0 aliphatic rings. The molecule has 2 rings (SSSR count). The van der Waals surface area contributed by atoms with Gasteiger partial charge in [-0.05, 0) is 48.2 Å². The van der Waals surface area contributed by atoms with Crippen LogP contribution in [0.25, 0.3) is 0 Å². The molecule has 4 nitrogen and oxygen atoms in total. The number of aryl methyl sites for hydroxylation is 2. The summed E-state index contributed by atoms with van der Waals surface area (Å²) in [5, 5.41) is 8.38. The van der Waals surface area contributed by atoms with Gasteiger partial charge in [-0.25, -0.2) is 13.6 Å². The molecule has 0 atom stereocenters. The number of primary sulfonamides is 1. The first-order chi connectivity index (χ1) is 9.85. The van der Waals surface area contributed by atoms with Gasteiger partial charge in [0.15, 0.2) is 0 Å². The van der Waals surface area contributed by atoms with Crippen LogP contribution in [0.15, 0.2) is 42.5 Å². The average Bonchev–Trinajstić information content (AvgIpc) is 2.38. The van der Waals surface area contributed by atoms with Gasteiger partial charge >= 0.3 is 0 Å². The van der Waals surface area contributed by atoms with Crippen molar-refractivity contribution in [1.29, 1.82) is 0 Å². The first kappa shape index (κ1) is 15.5. The highest BCUT2D eigenvalue weighted by molar-refractivity contribution is 7.88. The maximum Gasteiger partial charge on any atom is 0.213 e. The second-order valence-electron chi connectivity index (χ2n) is 5.23. The van der Waals surface area contributed by atoms with Crippen molar-refractivity contribution in [3.05, 3.63) is 64.7 Å². The average molecular weight is 304 g/mol. The molecule has 0 heterocycles. The van der Waals surface area contributed by atoms with E-state index in [2.05, 4.69) is 37.4 Å². The van der Waals surface area contributed by atoms with Crippen LogP contribution in [-0.4, -0.2) is 8.42 Å². The lowest BCUT2D eigenvalue weighted by atomic mass is 10.0. The Labute approximate surface area is 126 Å². The van der Waals surface area contributed by atoms with Crippen LogP contribution >= 0.6 is 0 Å². The van der Waals surface area contributed by atoms with Crippen LogP contribution < -0.4 is 10.5 Å². The molecule has 0 aliphatic heterocycles. The molecule has 0 spiro atoms. The fourth-order valence-electron chi connectivity index (χ4n) is 2.27. The Bertz CT molecular complexity index is 702. The number of nitrogens with one attached hydrogen (secondary N) is 1. The molecule has 2 aromatic carbocycles. The Kier molecular flexibility index (Phi) is 4.65. The molecule has 0 bridgehead atoms.